The smallest absolute Gasteiger partial charge is 0.244 e. The normalized spacial score (nSPS) is 11.9. The first-order chi connectivity index (χ1) is 8.43. The van der Waals surface area contributed by atoms with Crippen molar-refractivity contribution in [1.82, 2.24) is 20.0 Å². The Bertz CT molecular complexity index is 429. The molecule has 0 spiro atoms. The third kappa shape index (κ3) is 3.76. The Hall–Kier alpha value is -2.05. The predicted molar refractivity (Wildman–Crippen MR) is 67.5 cm³/mol. The number of aromatic nitrogens is 2. The molecule has 1 rings (SSSR count). The second-order valence-corrected chi connectivity index (χ2v) is 4.26. The third-order valence-electron chi connectivity index (χ3n) is 2.62. The first kappa shape index (κ1) is 14.0. The van der Waals surface area contributed by atoms with Crippen LogP contribution in [0.3, 0.4) is 0 Å². The summed E-state index contributed by atoms with van der Waals surface area (Å²) in [6.07, 6.45) is 3.08. The molecule has 2 amide bonds. The van der Waals surface area contributed by atoms with Gasteiger partial charge in [0.25, 0.3) is 0 Å². The average molecular weight is 253 g/mol. The minimum atomic E-state index is -0.244. The van der Waals surface area contributed by atoms with Crippen molar-refractivity contribution in [3.63, 3.8) is 0 Å². The van der Waals surface area contributed by atoms with Crippen LogP contribution in [0.25, 0.3) is 0 Å². The van der Waals surface area contributed by atoms with E-state index in [-0.39, 0.29) is 24.3 Å². The van der Waals surface area contributed by atoms with E-state index in [0.717, 1.165) is 0 Å². The summed E-state index contributed by atoms with van der Waals surface area (Å²) in [5, 5.41) is 6.48. The molecule has 7 heteroatoms. The number of nitrogens with zero attached hydrogens (tertiary/aromatic N) is 3. The van der Waals surface area contributed by atoms with Crippen LogP contribution in [0.5, 0.6) is 0 Å². The number of carbonyl (C=O) groups is 2. The van der Waals surface area contributed by atoms with E-state index in [9.17, 15) is 9.59 Å². The molecule has 1 aromatic heterocycles. The highest BCUT2D eigenvalue weighted by Gasteiger charge is 2.17. The van der Waals surface area contributed by atoms with Crippen molar-refractivity contribution >= 4 is 17.5 Å². The molecule has 0 aliphatic carbocycles. The number of anilines is 1. The topological polar surface area (TPSA) is 93.2 Å². The molecule has 0 saturated heterocycles. The number of likely N-dealkylation sites (N-methyl/N-ethyl adjacent to an activating group) is 1. The van der Waals surface area contributed by atoms with Crippen LogP contribution < -0.4 is 11.1 Å². The van der Waals surface area contributed by atoms with Crippen molar-refractivity contribution in [1.29, 1.82) is 0 Å². The Morgan fingerprint density at radius 1 is 1.61 bits per heavy atom. The second kappa shape index (κ2) is 6.04. The van der Waals surface area contributed by atoms with E-state index in [0.29, 0.717) is 12.2 Å². The summed E-state index contributed by atoms with van der Waals surface area (Å²) in [6.45, 7) is 2.26. The van der Waals surface area contributed by atoms with Gasteiger partial charge in [0.1, 0.15) is 6.54 Å². The second-order valence-electron chi connectivity index (χ2n) is 4.26. The highest BCUT2D eigenvalue weighted by molar-refractivity contribution is 5.80. The maximum Gasteiger partial charge on any atom is 0.244 e. The van der Waals surface area contributed by atoms with Crippen molar-refractivity contribution < 1.29 is 9.59 Å². The first-order valence-electron chi connectivity index (χ1n) is 5.67. The molecule has 0 aliphatic rings. The third-order valence-corrected chi connectivity index (χ3v) is 2.62. The molecule has 3 N–H and O–H groups in total. The average Bonchev–Trinajstić information content (AvgIpc) is 2.73. The fraction of sp³-hybridized carbons (Fsp3) is 0.545. The van der Waals surface area contributed by atoms with Gasteiger partial charge >= 0.3 is 0 Å². The summed E-state index contributed by atoms with van der Waals surface area (Å²) >= 11 is 0. The minimum absolute atomic E-state index is 0.0852. The molecule has 100 valence electrons. The van der Waals surface area contributed by atoms with E-state index < -0.39 is 0 Å². The van der Waals surface area contributed by atoms with Gasteiger partial charge < -0.3 is 16.0 Å². The Balaban J connectivity index is 2.49. The van der Waals surface area contributed by atoms with Crippen molar-refractivity contribution in [3.05, 3.63) is 12.4 Å². The lowest BCUT2D eigenvalue weighted by molar-refractivity contribution is -0.132. The van der Waals surface area contributed by atoms with Crippen LogP contribution in [-0.2, 0) is 16.1 Å². The van der Waals surface area contributed by atoms with Crippen molar-refractivity contribution in [3.8, 4) is 0 Å². The quantitative estimate of drug-likeness (QED) is 0.726. The summed E-state index contributed by atoms with van der Waals surface area (Å²) in [5.74, 6) is -0.446. The molecule has 1 heterocycles. The molecule has 1 unspecified atom stereocenters. The number of amides is 2. The van der Waals surface area contributed by atoms with Gasteiger partial charge in [-0.2, -0.15) is 5.10 Å². The van der Waals surface area contributed by atoms with Crippen LogP contribution >= 0.6 is 0 Å². The maximum absolute atomic E-state index is 11.9. The zero-order valence-electron chi connectivity index (χ0n) is 10.9. The molecule has 1 aromatic rings. The van der Waals surface area contributed by atoms with E-state index in [1.54, 1.807) is 27.2 Å². The lowest BCUT2D eigenvalue weighted by Crippen LogP contribution is -2.38. The van der Waals surface area contributed by atoms with Gasteiger partial charge in [0.15, 0.2) is 0 Å². The van der Waals surface area contributed by atoms with Crippen LogP contribution in [-0.4, -0.2) is 47.1 Å². The predicted octanol–water partition coefficient (Wildman–Crippen LogP) is -0.694. The molecule has 0 fully saturated rings. The SMILES string of the molecule is CNC(=O)C(C)CN(C)C(=O)Cn1cc(N)cn1. The van der Waals surface area contributed by atoms with Crippen LogP contribution in [0.1, 0.15) is 6.92 Å². The van der Waals surface area contributed by atoms with Crippen LogP contribution in [0, 0.1) is 5.92 Å². The zero-order valence-corrected chi connectivity index (χ0v) is 10.9. The van der Waals surface area contributed by atoms with E-state index in [1.165, 1.54) is 15.8 Å². The molecule has 0 aliphatic heterocycles. The molecule has 1 atom stereocenters. The molecule has 0 bridgehead atoms. The molecular weight excluding hydrogens is 234 g/mol. The van der Waals surface area contributed by atoms with Crippen LogP contribution in [0.15, 0.2) is 12.4 Å². The van der Waals surface area contributed by atoms with Gasteiger partial charge in [0.05, 0.1) is 17.8 Å². The Kier molecular flexibility index (Phi) is 4.70. The molecule has 7 nitrogen and oxygen atoms in total. The summed E-state index contributed by atoms with van der Waals surface area (Å²) in [5.41, 5.74) is 6.03. The number of hydrogen-bond donors (Lipinski definition) is 2. The maximum atomic E-state index is 11.9. The minimum Gasteiger partial charge on any atom is -0.396 e. The summed E-state index contributed by atoms with van der Waals surface area (Å²) in [6, 6.07) is 0. The van der Waals surface area contributed by atoms with E-state index in [2.05, 4.69) is 10.4 Å². The number of nitrogen functional groups attached to an aromatic ring is 1. The first-order valence-corrected chi connectivity index (χ1v) is 5.67. The number of rotatable bonds is 5. The van der Waals surface area contributed by atoms with E-state index in [1.807, 2.05) is 0 Å². The van der Waals surface area contributed by atoms with Gasteiger partial charge in [0, 0.05) is 26.8 Å². The fourth-order valence-electron chi connectivity index (χ4n) is 1.57. The van der Waals surface area contributed by atoms with Gasteiger partial charge in [0.2, 0.25) is 11.8 Å². The number of nitrogens with one attached hydrogen (secondary N) is 1. The Labute approximate surface area is 106 Å². The lowest BCUT2D eigenvalue weighted by atomic mass is 10.1. The summed E-state index contributed by atoms with van der Waals surface area (Å²) in [4.78, 5) is 24.7. The largest absolute Gasteiger partial charge is 0.396 e. The van der Waals surface area contributed by atoms with E-state index in [4.69, 9.17) is 5.73 Å². The summed E-state index contributed by atoms with van der Waals surface area (Å²) < 4.78 is 1.47. The van der Waals surface area contributed by atoms with Crippen molar-refractivity contribution in [2.75, 3.05) is 26.4 Å². The molecule has 0 radical (unpaired) electrons. The molecule has 0 aromatic carbocycles. The van der Waals surface area contributed by atoms with Crippen LogP contribution in [0.2, 0.25) is 0 Å². The van der Waals surface area contributed by atoms with Gasteiger partial charge in [-0.25, -0.2) is 0 Å². The van der Waals surface area contributed by atoms with Crippen LogP contribution in [0.4, 0.5) is 5.69 Å². The van der Waals surface area contributed by atoms with Crippen molar-refractivity contribution in [2.24, 2.45) is 5.92 Å². The van der Waals surface area contributed by atoms with Gasteiger partial charge in [-0.15, -0.1) is 0 Å². The monoisotopic (exact) mass is 253 g/mol. The number of hydrogen-bond acceptors (Lipinski definition) is 4. The van der Waals surface area contributed by atoms with E-state index >= 15 is 0 Å². The number of carbonyl (C=O) groups excluding carboxylic acids is 2. The zero-order chi connectivity index (χ0) is 13.7. The molecular formula is C11H19N5O2. The fourth-order valence-corrected chi connectivity index (χ4v) is 1.57. The van der Waals surface area contributed by atoms with Gasteiger partial charge in [-0.05, 0) is 0 Å². The standard InChI is InChI=1S/C11H19N5O2/c1-8(11(18)13-2)5-15(3)10(17)7-16-6-9(12)4-14-16/h4,6,8H,5,7,12H2,1-3H3,(H,13,18). The lowest BCUT2D eigenvalue weighted by Gasteiger charge is -2.20. The Morgan fingerprint density at radius 2 is 2.28 bits per heavy atom. The number of nitrogens with two attached hydrogens (primary N) is 1. The van der Waals surface area contributed by atoms with Gasteiger partial charge in [-0.3, -0.25) is 14.3 Å². The van der Waals surface area contributed by atoms with Crippen molar-refractivity contribution in [2.45, 2.75) is 13.5 Å². The van der Waals surface area contributed by atoms with Gasteiger partial charge in [-0.1, -0.05) is 6.92 Å². The highest BCUT2D eigenvalue weighted by Crippen LogP contribution is 2.02. The highest BCUT2D eigenvalue weighted by atomic mass is 16.2. The Morgan fingerprint density at radius 3 is 2.78 bits per heavy atom. The molecule has 18 heavy (non-hydrogen) atoms. The summed E-state index contributed by atoms with van der Waals surface area (Å²) in [7, 11) is 3.24. The molecule has 0 saturated carbocycles.